The first-order valence-electron chi connectivity index (χ1n) is 6.81. The Balaban J connectivity index is 2.66. The van der Waals surface area contributed by atoms with Crippen molar-refractivity contribution >= 4 is 18.0 Å². The minimum Gasteiger partial charge on any atom is -0.493 e. The molecule has 1 rings (SSSR count). The average Bonchev–Trinajstić information content (AvgIpc) is 2.51. The molecule has 0 fully saturated rings. The van der Waals surface area contributed by atoms with Crippen LogP contribution in [0.2, 0.25) is 0 Å². The quantitative estimate of drug-likeness (QED) is 0.465. The molecule has 0 aliphatic carbocycles. The molecule has 0 spiro atoms. The molecule has 2 amide bonds. The second-order valence-electron chi connectivity index (χ2n) is 4.89. The summed E-state index contributed by atoms with van der Waals surface area (Å²) in [5.74, 6) is -0.233. The molecule has 0 saturated heterocycles. The molecule has 0 atom stereocenters. The zero-order valence-corrected chi connectivity index (χ0v) is 13.2. The summed E-state index contributed by atoms with van der Waals surface area (Å²) in [6.07, 6.45) is 1.38. The molecule has 2 N–H and O–H groups in total. The van der Waals surface area contributed by atoms with Crippen molar-refractivity contribution in [1.82, 2.24) is 10.7 Å². The van der Waals surface area contributed by atoms with Crippen LogP contribution in [0.25, 0.3) is 0 Å². The number of methoxy groups -OCH3 is 2. The predicted octanol–water partition coefficient (Wildman–Crippen LogP) is 0.926. The summed E-state index contributed by atoms with van der Waals surface area (Å²) < 4.78 is 10.4. The molecular formula is C15H21N3O4. The van der Waals surface area contributed by atoms with E-state index in [-0.39, 0.29) is 5.92 Å². The molecule has 7 heteroatoms. The monoisotopic (exact) mass is 307 g/mol. The number of ether oxygens (including phenoxy) is 2. The van der Waals surface area contributed by atoms with Crippen LogP contribution in [0.15, 0.2) is 23.3 Å². The van der Waals surface area contributed by atoms with Crippen molar-refractivity contribution in [2.75, 3.05) is 20.8 Å². The second-order valence-corrected chi connectivity index (χ2v) is 4.89. The minimum atomic E-state index is -0.821. The summed E-state index contributed by atoms with van der Waals surface area (Å²) in [6, 6.07) is 5.25. The second kappa shape index (κ2) is 8.66. The summed E-state index contributed by atoms with van der Waals surface area (Å²) in [7, 11) is 3.03. The van der Waals surface area contributed by atoms with Crippen molar-refractivity contribution in [2.45, 2.75) is 13.8 Å². The smallest absolute Gasteiger partial charge is 0.329 e. The van der Waals surface area contributed by atoms with E-state index in [1.807, 2.05) is 13.8 Å². The Bertz CT molecular complexity index is 556. The van der Waals surface area contributed by atoms with Gasteiger partial charge >= 0.3 is 11.8 Å². The SMILES string of the molecule is COc1cccc(/C=N\NC(=O)C(=O)NCC(C)C)c1OC. The highest BCUT2D eigenvalue weighted by Gasteiger charge is 2.12. The highest BCUT2D eigenvalue weighted by molar-refractivity contribution is 6.35. The van der Waals surface area contributed by atoms with Gasteiger partial charge < -0.3 is 14.8 Å². The van der Waals surface area contributed by atoms with Gasteiger partial charge in [-0.1, -0.05) is 19.9 Å². The Morgan fingerprint density at radius 3 is 2.55 bits per heavy atom. The van der Waals surface area contributed by atoms with E-state index in [4.69, 9.17) is 9.47 Å². The Kier molecular flexibility index (Phi) is 6.88. The minimum absolute atomic E-state index is 0.265. The van der Waals surface area contributed by atoms with Crippen LogP contribution in [0.1, 0.15) is 19.4 Å². The van der Waals surface area contributed by atoms with Crippen molar-refractivity contribution in [3.8, 4) is 11.5 Å². The molecule has 0 aliphatic heterocycles. The van der Waals surface area contributed by atoms with Gasteiger partial charge in [0.2, 0.25) is 0 Å². The van der Waals surface area contributed by atoms with Gasteiger partial charge in [-0.15, -0.1) is 0 Å². The van der Waals surface area contributed by atoms with Gasteiger partial charge in [-0.05, 0) is 18.1 Å². The number of hydrogen-bond donors (Lipinski definition) is 2. The molecule has 1 aromatic carbocycles. The van der Waals surface area contributed by atoms with Gasteiger partial charge in [-0.25, -0.2) is 5.43 Å². The van der Waals surface area contributed by atoms with Gasteiger partial charge in [0.15, 0.2) is 11.5 Å². The lowest BCUT2D eigenvalue weighted by Crippen LogP contribution is -2.39. The van der Waals surface area contributed by atoms with Crippen LogP contribution in [0.5, 0.6) is 11.5 Å². The molecule has 0 radical (unpaired) electrons. The summed E-state index contributed by atoms with van der Waals surface area (Å²) in [5, 5.41) is 6.25. The largest absolute Gasteiger partial charge is 0.493 e. The topological polar surface area (TPSA) is 89.0 Å². The number of para-hydroxylation sites is 1. The van der Waals surface area contributed by atoms with Gasteiger partial charge in [0.05, 0.1) is 20.4 Å². The first-order valence-corrected chi connectivity index (χ1v) is 6.81. The number of carbonyl (C=O) groups is 2. The molecule has 0 saturated carbocycles. The van der Waals surface area contributed by atoms with E-state index < -0.39 is 11.8 Å². The van der Waals surface area contributed by atoms with E-state index in [1.165, 1.54) is 20.4 Å². The van der Waals surface area contributed by atoms with Crippen molar-refractivity contribution in [3.63, 3.8) is 0 Å². The number of amides is 2. The van der Waals surface area contributed by atoms with Gasteiger partial charge in [0.25, 0.3) is 0 Å². The van der Waals surface area contributed by atoms with Crippen LogP contribution in [0.4, 0.5) is 0 Å². The molecule has 0 heterocycles. The van der Waals surface area contributed by atoms with Crippen LogP contribution in [0.3, 0.4) is 0 Å². The number of nitrogens with one attached hydrogen (secondary N) is 2. The maximum Gasteiger partial charge on any atom is 0.329 e. The van der Waals surface area contributed by atoms with E-state index in [0.29, 0.717) is 23.6 Å². The van der Waals surface area contributed by atoms with E-state index in [0.717, 1.165) is 0 Å². The van der Waals surface area contributed by atoms with Crippen molar-refractivity contribution in [3.05, 3.63) is 23.8 Å². The fourth-order valence-electron chi connectivity index (χ4n) is 1.60. The number of benzene rings is 1. The van der Waals surface area contributed by atoms with Gasteiger partial charge in [0.1, 0.15) is 0 Å². The normalized spacial score (nSPS) is 10.6. The maximum atomic E-state index is 11.5. The average molecular weight is 307 g/mol. The van der Waals surface area contributed by atoms with Gasteiger partial charge in [-0.2, -0.15) is 5.10 Å². The Morgan fingerprint density at radius 1 is 1.23 bits per heavy atom. The molecule has 0 bridgehead atoms. The van der Waals surface area contributed by atoms with Crippen LogP contribution in [-0.4, -0.2) is 38.8 Å². The van der Waals surface area contributed by atoms with E-state index >= 15 is 0 Å². The van der Waals surface area contributed by atoms with Crippen molar-refractivity contribution in [2.24, 2.45) is 11.0 Å². The van der Waals surface area contributed by atoms with E-state index in [2.05, 4.69) is 15.8 Å². The van der Waals surface area contributed by atoms with Crippen LogP contribution in [0, 0.1) is 5.92 Å². The lowest BCUT2D eigenvalue weighted by atomic mass is 10.2. The van der Waals surface area contributed by atoms with E-state index in [1.54, 1.807) is 18.2 Å². The Labute approximate surface area is 129 Å². The molecule has 1 aromatic rings. The van der Waals surface area contributed by atoms with Crippen LogP contribution >= 0.6 is 0 Å². The number of hydrogen-bond acceptors (Lipinski definition) is 5. The van der Waals surface area contributed by atoms with Crippen LogP contribution in [-0.2, 0) is 9.59 Å². The van der Waals surface area contributed by atoms with Gasteiger partial charge in [0, 0.05) is 12.1 Å². The first kappa shape index (κ1) is 17.5. The lowest BCUT2D eigenvalue weighted by molar-refractivity contribution is -0.139. The predicted molar refractivity (Wildman–Crippen MR) is 83.1 cm³/mol. The molecule has 22 heavy (non-hydrogen) atoms. The third-order valence-corrected chi connectivity index (χ3v) is 2.68. The zero-order valence-electron chi connectivity index (χ0n) is 13.2. The van der Waals surface area contributed by atoms with E-state index in [9.17, 15) is 9.59 Å². The third-order valence-electron chi connectivity index (χ3n) is 2.68. The number of carbonyl (C=O) groups excluding carboxylic acids is 2. The summed E-state index contributed by atoms with van der Waals surface area (Å²) in [5.41, 5.74) is 2.78. The number of nitrogens with zero attached hydrogens (tertiary/aromatic N) is 1. The lowest BCUT2D eigenvalue weighted by Gasteiger charge is -2.09. The van der Waals surface area contributed by atoms with Crippen molar-refractivity contribution < 1.29 is 19.1 Å². The first-order chi connectivity index (χ1) is 10.5. The van der Waals surface area contributed by atoms with Crippen molar-refractivity contribution in [1.29, 1.82) is 0 Å². The molecule has 7 nitrogen and oxygen atoms in total. The highest BCUT2D eigenvalue weighted by Crippen LogP contribution is 2.29. The standard InChI is InChI=1S/C15H21N3O4/c1-10(2)8-16-14(19)15(20)18-17-9-11-6-5-7-12(21-3)13(11)22-4/h5-7,9-10H,8H2,1-4H3,(H,16,19)(H,18,20)/b17-9-. The summed E-state index contributed by atoms with van der Waals surface area (Å²) in [6.45, 7) is 4.30. The molecule has 0 aromatic heterocycles. The fraction of sp³-hybridized carbons (Fsp3) is 0.400. The van der Waals surface area contributed by atoms with Crippen LogP contribution < -0.4 is 20.2 Å². The number of rotatable bonds is 6. The third kappa shape index (κ3) is 5.08. The maximum absolute atomic E-state index is 11.5. The fourth-order valence-corrected chi connectivity index (χ4v) is 1.60. The summed E-state index contributed by atoms with van der Waals surface area (Å²) >= 11 is 0. The Morgan fingerprint density at radius 2 is 1.95 bits per heavy atom. The number of hydrazone groups is 1. The highest BCUT2D eigenvalue weighted by atomic mass is 16.5. The summed E-state index contributed by atoms with van der Waals surface area (Å²) in [4.78, 5) is 23.0. The molecule has 0 unspecified atom stereocenters. The molecule has 120 valence electrons. The Hall–Kier alpha value is -2.57. The molecular weight excluding hydrogens is 286 g/mol. The van der Waals surface area contributed by atoms with Gasteiger partial charge in [-0.3, -0.25) is 9.59 Å². The molecule has 0 aliphatic rings. The zero-order chi connectivity index (χ0) is 16.5.